The molecule has 0 spiro atoms. The van der Waals surface area contributed by atoms with Crippen LogP contribution in [0.4, 0.5) is 0 Å². The van der Waals surface area contributed by atoms with E-state index in [4.69, 9.17) is 28.4 Å². The van der Waals surface area contributed by atoms with Gasteiger partial charge in [-0.25, -0.2) is 0 Å². The highest BCUT2D eigenvalue weighted by molar-refractivity contribution is 4.82. The topological polar surface area (TPSA) is 106 Å². The number of hydrogen-bond acceptors (Lipinski definition) is 8. The van der Waals surface area contributed by atoms with E-state index < -0.39 is 0 Å². The molecule has 0 radical (unpaired) electrons. The molecule has 0 aromatic carbocycles. The number of aliphatic hydroxyl groups is 2. The van der Waals surface area contributed by atoms with Crippen LogP contribution in [0, 0.1) is 10.8 Å². The van der Waals surface area contributed by atoms with E-state index in [0.29, 0.717) is 45.7 Å². The van der Waals surface area contributed by atoms with Gasteiger partial charge in [0.25, 0.3) is 0 Å². The zero-order chi connectivity index (χ0) is 22.0. The standard InChI is InChI=1S/C12H22O5.C11H20O3/c1-2-12(7-13,8-14-3-10-5-16-10)9-15-4-11-6-17-11;12-8-11(4-2-1-3-5-11)9-13-6-10-7-14-10/h10-11,13H,2-9H2,1H3;10,12H,1-9H2. The fraction of sp³-hybridized carbons (Fsp3) is 1.00. The minimum Gasteiger partial charge on any atom is -0.396 e. The molecule has 0 aromatic rings. The van der Waals surface area contributed by atoms with Crippen LogP contribution in [-0.4, -0.2) is 101 Å². The first-order chi connectivity index (χ1) is 15.1. The lowest BCUT2D eigenvalue weighted by molar-refractivity contribution is -0.0571. The minimum absolute atomic E-state index is 0.0626. The quantitative estimate of drug-likeness (QED) is 0.365. The van der Waals surface area contributed by atoms with Gasteiger partial charge in [-0.15, -0.1) is 0 Å². The zero-order valence-corrected chi connectivity index (χ0v) is 19.1. The van der Waals surface area contributed by atoms with Gasteiger partial charge >= 0.3 is 0 Å². The van der Waals surface area contributed by atoms with E-state index in [-0.39, 0.29) is 36.3 Å². The molecule has 1 aliphatic carbocycles. The maximum Gasteiger partial charge on any atom is 0.104 e. The number of rotatable bonds is 15. The molecular weight excluding hydrogens is 404 g/mol. The Morgan fingerprint density at radius 2 is 1.29 bits per heavy atom. The third kappa shape index (κ3) is 9.60. The molecule has 3 atom stereocenters. The Hall–Kier alpha value is -0.320. The lowest BCUT2D eigenvalue weighted by Crippen LogP contribution is -2.36. The Labute approximate surface area is 186 Å². The van der Waals surface area contributed by atoms with Crippen molar-refractivity contribution in [1.82, 2.24) is 0 Å². The Morgan fingerprint density at radius 3 is 1.68 bits per heavy atom. The lowest BCUT2D eigenvalue weighted by atomic mass is 9.75. The molecule has 4 rings (SSSR count). The van der Waals surface area contributed by atoms with Crippen molar-refractivity contribution in [3.05, 3.63) is 0 Å². The predicted molar refractivity (Wildman–Crippen MR) is 114 cm³/mol. The number of aliphatic hydroxyl groups excluding tert-OH is 2. The first kappa shape index (κ1) is 25.3. The van der Waals surface area contributed by atoms with E-state index in [1.165, 1.54) is 19.3 Å². The molecule has 8 heteroatoms. The van der Waals surface area contributed by atoms with Gasteiger partial charge in [-0.2, -0.15) is 0 Å². The lowest BCUT2D eigenvalue weighted by Gasteiger charge is -2.35. The average Bonchev–Trinajstić information content (AvgIpc) is 3.64. The number of epoxide rings is 3. The van der Waals surface area contributed by atoms with Crippen molar-refractivity contribution in [2.45, 2.75) is 63.8 Å². The molecule has 0 aromatic heterocycles. The molecule has 4 fully saturated rings. The van der Waals surface area contributed by atoms with Gasteiger partial charge in [0.05, 0.1) is 72.7 Å². The Balaban J connectivity index is 0.000000179. The Morgan fingerprint density at radius 1 is 0.806 bits per heavy atom. The van der Waals surface area contributed by atoms with E-state index >= 15 is 0 Å². The minimum atomic E-state index is -0.288. The molecular formula is C23H42O8. The van der Waals surface area contributed by atoms with E-state index in [9.17, 15) is 10.2 Å². The number of ether oxygens (including phenoxy) is 6. The van der Waals surface area contributed by atoms with Crippen LogP contribution in [0.3, 0.4) is 0 Å². The van der Waals surface area contributed by atoms with E-state index in [2.05, 4.69) is 0 Å². The Kier molecular flexibility index (Phi) is 10.4. The predicted octanol–water partition coefficient (Wildman–Crippen LogP) is 1.55. The molecule has 3 saturated heterocycles. The SMILES string of the molecule is CCC(CO)(COCC1CO1)COCC1CO1.OCC1(COCC2CO2)CCCCC1. The van der Waals surface area contributed by atoms with Gasteiger partial charge in [-0.1, -0.05) is 26.2 Å². The normalized spacial score (nSPS) is 30.1. The molecule has 3 aliphatic heterocycles. The van der Waals surface area contributed by atoms with Gasteiger partial charge in [-0.05, 0) is 19.3 Å². The van der Waals surface area contributed by atoms with Crippen molar-refractivity contribution in [2.24, 2.45) is 10.8 Å². The van der Waals surface area contributed by atoms with Crippen LogP contribution in [0.1, 0.15) is 45.4 Å². The van der Waals surface area contributed by atoms with E-state index in [0.717, 1.165) is 39.1 Å². The van der Waals surface area contributed by atoms with Crippen molar-refractivity contribution in [1.29, 1.82) is 0 Å². The molecule has 3 heterocycles. The molecule has 182 valence electrons. The largest absolute Gasteiger partial charge is 0.396 e. The summed E-state index contributed by atoms with van der Waals surface area (Å²) in [6.07, 6.45) is 7.74. The van der Waals surface area contributed by atoms with Crippen LogP contribution in [0.25, 0.3) is 0 Å². The summed E-state index contributed by atoms with van der Waals surface area (Å²) in [5, 5.41) is 18.9. The summed E-state index contributed by atoms with van der Waals surface area (Å²) >= 11 is 0. The van der Waals surface area contributed by atoms with Crippen LogP contribution in [-0.2, 0) is 28.4 Å². The molecule has 3 unspecified atom stereocenters. The summed E-state index contributed by atoms with van der Waals surface area (Å²) < 4.78 is 32.0. The summed E-state index contributed by atoms with van der Waals surface area (Å²) in [6, 6.07) is 0. The Bertz CT molecular complexity index is 460. The molecule has 1 saturated carbocycles. The molecule has 0 bridgehead atoms. The van der Waals surface area contributed by atoms with Crippen LogP contribution < -0.4 is 0 Å². The van der Waals surface area contributed by atoms with Gasteiger partial charge in [0.1, 0.15) is 18.3 Å². The second-order valence-electron chi connectivity index (χ2n) is 9.64. The van der Waals surface area contributed by atoms with Crippen molar-refractivity contribution in [3.63, 3.8) is 0 Å². The van der Waals surface area contributed by atoms with Crippen LogP contribution in [0.2, 0.25) is 0 Å². The highest BCUT2D eigenvalue weighted by atomic mass is 16.6. The third-order valence-corrected chi connectivity index (χ3v) is 6.68. The fourth-order valence-electron chi connectivity index (χ4n) is 3.81. The molecule has 2 N–H and O–H groups in total. The molecule has 31 heavy (non-hydrogen) atoms. The monoisotopic (exact) mass is 446 g/mol. The summed E-state index contributed by atoms with van der Waals surface area (Å²) in [5.74, 6) is 0. The summed E-state index contributed by atoms with van der Waals surface area (Å²) in [4.78, 5) is 0. The summed E-state index contributed by atoms with van der Waals surface area (Å²) in [5.41, 5.74) is -0.225. The van der Waals surface area contributed by atoms with Gasteiger partial charge < -0.3 is 38.6 Å². The summed E-state index contributed by atoms with van der Waals surface area (Å²) in [7, 11) is 0. The highest BCUT2D eigenvalue weighted by Crippen LogP contribution is 2.36. The first-order valence-corrected chi connectivity index (χ1v) is 11.9. The zero-order valence-electron chi connectivity index (χ0n) is 19.1. The van der Waals surface area contributed by atoms with Crippen molar-refractivity contribution in [2.75, 3.05) is 72.7 Å². The van der Waals surface area contributed by atoms with Gasteiger partial charge in [-0.3, -0.25) is 0 Å². The van der Waals surface area contributed by atoms with Crippen LogP contribution in [0.5, 0.6) is 0 Å². The van der Waals surface area contributed by atoms with E-state index in [1.54, 1.807) is 0 Å². The first-order valence-electron chi connectivity index (χ1n) is 11.9. The molecule has 4 aliphatic rings. The van der Waals surface area contributed by atoms with Gasteiger partial charge in [0.15, 0.2) is 0 Å². The van der Waals surface area contributed by atoms with E-state index in [1.807, 2.05) is 6.92 Å². The second kappa shape index (κ2) is 12.8. The highest BCUT2D eigenvalue weighted by Gasteiger charge is 2.33. The second-order valence-corrected chi connectivity index (χ2v) is 9.64. The maximum absolute atomic E-state index is 9.52. The van der Waals surface area contributed by atoms with Crippen molar-refractivity contribution < 1.29 is 38.6 Å². The summed E-state index contributed by atoms with van der Waals surface area (Å²) in [6.45, 7) is 8.56. The molecule has 0 amide bonds. The fourth-order valence-corrected chi connectivity index (χ4v) is 3.81. The van der Waals surface area contributed by atoms with Crippen LogP contribution >= 0.6 is 0 Å². The molecule has 8 nitrogen and oxygen atoms in total. The van der Waals surface area contributed by atoms with Gasteiger partial charge in [0.2, 0.25) is 0 Å². The maximum atomic E-state index is 9.52. The smallest absolute Gasteiger partial charge is 0.104 e. The van der Waals surface area contributed by atoms with Crippen molar-refractivity contribution in [3.8, 4) is 0 Å². The van der Waals surface area contributed by atoms with Crippen LogP contribution in [0.15, 0.2) is 0 Å². The number of hydrogen-bond donors (Lipinski definition) is 2. The average molecular weight is 447 g/mol. The van der Waals surface area contributed by atoms with Gasteiger partial charge in [0, 0.05) is 10.8 Å². The third-order valence-electron chi connectivity index (χ3n) is 6.68. The van der Waals surface area contributed by atoms with Crippen molar-refractivity contribution >= 4 is 0 Å².